The maximum atomic E-state index is 13.2. The number of non-ortho nitro benzene ring substituents is 1. The molecule has 0 spiro atoms. The second-order valence-corrected chi connectivity index (χ2v) is 9.16. The number of thiophene rings is 1. The van der Waals surface area contributed by atoms with Crippen molar-refractivity contribution >= 4 is 50.6 Å². The summed E-state index contributed by atoms with van der Waals surface area (Å²) >= 11 is 2.73. The van der Waals surface area contributed by atoms with E-state index in [1.165, 1.54) is 23.1 Å². The minimum atomic E-state index is -0.516. The first kappa shape index (κ1) is 21.3. The molecule has 3 aromatic rings. The largest absolute Gasteiger partial charge is 0.325 e. The molecular formula is C21H20N4O4S2. The normalized spacial score (nSPS) is 13.0. The number of nitro benzene ring substituents is 1. The SMILES string of the molecule is C=CCn1c(SCC(=O)Nc2cccc([N+](=O)[O-])c2)nc2sc3c(c2c1=O)CCCC3. The van der Waals surface area contributed by atoms with Crippen LogP contribution in [0.15, 0.2) is 46.9 Å². The van der Waals surface area contributed by atoms with E-state index in [1.54, 1.807) is 28.0 Å². The molecule has 0 aliphatic heterocycles. The Morgan fingerprint density at radius 3 is 2.97 bits per heavy atom. The smallest absolute Gasteiger partial charge is 0.271 e. The van der Waals surface area contributed by atoms with Crippen molar-refractivity contribution in [2.24, 2.45) is 0 Å². The van der Waals surface area contributed by atoms with Crippen LogP contribution in [-0.2, 0) is 24.2 Å². The molecule has 1 N–H and O–H groups in total. The van der Waals surface area contributed by atoms with Crippen LogP contribution in [0.5, 0.6) is 0 Å². The van der Waals surface area contributed by atoms with Gasteiger partial charge in [-0.2, -0.15) is 0 Å². The molecule has 0 atom stereocenters. The number of aromatic nitrogens is 2. The number of thioether (sulfide) groups is 1. The first-order chi connectivity index (χ1) is 15.0. The maximum absolute atomic E-state index is 13.2. The highest BCUT2D eigenvalue weighted by atomic mass is 32.2. The van der Waals surface area contributed by atoms with Gasteiger partial charge in [-0.05, 0) is 37.3 Å². The van der Waals surface area contributed by atoms with Crippen LogP contribution in [0.25, 0.3) is 10.2 Å². The number of nitrogens with zero attached hydrogens (tertiary/aromatic N) is 3. The number of rotatable bonds is 7. The standard InChI is InChI=1S/C21H20N4O4S2/c1-2-10-24-20(27)18-15-8-3-4-9-16(15)31-19(18)23-21(24)30-12-17(26)22-13-6-5-7-14(11-13)25(28)29/h2,5-7,11H,1,3-4,8-10,12H2,(H,22,26). The van der Waals surface area contributed by atoms with Gasteiger partial charge in [0.1, 0.15) is 4.83 Å². The lowest BCUT2D eigenvalue weighted by Crippen LogP contribution is -2.24. The Morgan fingerprint density at radius 1 is 1.39 bits per heavy atom. The molecule has 1 aliphatic rings. The molecule has 0 radical (unpaired) electrons. The molecule has 31 heavy (non-hydrogen) atoms. The average molecular weight is 457 g/mol. The van der Waals surface area contributed by atoms with Crippen molar-refractivity contribution in [2.45, 2.75) is 37.4 Å². The van der Waals surface area contributed by atoms with Crippen LogP contribution >= 0.6 is 23.1 Å². The van der Waals surface area contributed by atoms with Gasteiger partial charge in [-0.25, -0.2) is 4.98 Å². The number of carbonyl (C=O) groups excluding carboxylic acids is 1. The molecule has 2 heterocycles. The van der Waals surface area contributed by atoms with Gasteiger partial charge >= 0.3 is 0 Å². The maximum Gasteiger partial charge on any atom is 0.271 e. The zero-order chi connectivity index (χ0) is 22.0. The third kappa shape index (κ3) is 4.40. The zero-order valence-corrected chi connectivity index (χ0v) is 18.3. The summed E-state index contributed by atoms with van der Waals surface area (Å²) in [5.41, 5.74) is 1.28. The monoisotopic (exact) mass is 456 g/mol. The number of nitro groups is 1. The predicted octanol–water partition coefficient (Wildman–Crippen LogP) is 4.16. The van der Waals surface area contributed by atoms with Gasteiger partial charge < -0.3 is 5.32 Å². The molecule has 0 unspecified atom stereocenters. The minimum Gasteiger partial charge on any atom is -0.325 e. The summed E-state index contributed by atoms with van der Waals surface area (Å²) in [5, 5.41) is 14.7. The molecule has 0 bridgehead atoms. The van der Waals surface area contributed by atoms with Gasteiger partial charge in [0.05, 0.1) is 16.1 Å². The average Bonchev–Trinajstić information content (AvgIpc) is 3.13. The van der Waals surface area contributed by atoms with Crippen molar-refractivity contribution in [2.75, 3.05) is 11.1 Å². The van der Waals surface area contributed by atoms with Crippen molar-refractivity contribution in [1.29, 1.82) is 0 Å². The van der Waals surface area contributed by atoms with Gasteiger partial charge in [0.15, 0.2) is 5.16 Å². The van der Waals surface area contributed by atoms with E-state index in [9.17, 15) is 19.7 Å². The van der Waals surface area contributed by atoms with Crippen LogP contribution in [0.2, 0.25) is 0 Å². The van der Waals surface area contributed by atoms with E-state index in [0.29, 0.717) is 22.8 Å². The summed E-state index contributed by atoms with van der Waals surface area (Å²) < 4.78 is 1.56. The number of allylic oxidation sites excluding steroid dienone is 1. The lowest BCUT2D eigenvalue weighted by Gasteiger charge is -2.12. The van der Waals surface area contributed by atoms with E-state index in [4.69, 9.17) is 4.98 Å². The van der Waals surface area contributed by atoms with Crippen LogP contribution in [-0.4, -0.2) is 26.1 Å². The van der Waals surface area contributed by atoms with Crippen molar-refractivity contribution in [1.82, 2.24) is 9.55 Å². The lowest BCUT2D eigenvalue weighted by atomic mass is 9.97. The van der Waals surface area contributed by atoms with Gasteiger partial charge in [0.25, 0.3) is 11.2 Å². The third-order valence-electron chi connectivity index (χ3n) is 5.02. The fourth-order valence-electron chi connectivity index (χ4n) is 3.64. The zero-order valence-electron chi connectivity index (χ0n) is 16.6. The number of fused-ring (bicyclic) bond motifs is 3. The summed E-state index contributed by atoms with van der Waals surface area (Å²) in [6.07, 6.45) is 5.72. The van der Waals surface area contributed by atoms with Crippen LogP contribution in [0.1, 0.15) is 23.3 Å². The number of benzene rings is 1. The summed E-state index contributed by atoms with van der Waals surface area (Å²) in [7, 11) is 0. The van der Waals surface area contributed by atoms with E-state index in [-0.39, 0.29) is 22.9 Å². The molecular weight excluding hydrogens is 436 g/mol. The molecule has 2 aromatic heterocycles. The van der Waals surface area contributed by atoms with Gasteiger partial charge in [-0.1, -0.05) is 23.9 Å². The molecule has 0 saturated heterocycles. The first-order valence-electron chi connectivity index (χ1n) is 9.81. The quantitative estimate of drug-likeness (QED) is 0.188. The van der Waals surface area contributed by atoms with Crippen molar-refractivity contribution in [3.05, 3.63) is 67.8 Å². The number of carbonyl (C=O) groups is 1. The Bertz CT molecular complexity index is 1250. The molecule has 1 aromatic carbocycles. The second kappa shape index (κ2) is 9.03. The molecule has 1 amide bonds. The van der Waals surface area contributed by atoms with E-state index in [2.05, 4.69) is 11.9 Å². The van der Waals surface area contributed by atoms with E-state index in [0.717, 1.165) is 47.8 Å². The highest BCUT2D eigenvalue weighted by molar-refractivity contribution is 7.99. The Balaban J connectivity index is 1.57. The topological polar surface area (TPSA) is 107 Å². The Labute approximate surface area is 186 Å². The lowest BCUT2D eigenvalue weighted by molar-refractivity contribution is -0.384. The molecule has 8 nitrogen and oxygen atoms in total. The molecule has 1 aliphatic carbocycles. The molecule has 10 heteroatoms. The molecule has 0 fully saturated rings. The van der Waals surface area contributed by atoms with E-state index in [1.807, 2.05) is 0 Å². The molecule has 0 saturated carbocycles. The van der Waals surface area contributed by atoms with Crippen molar-refractivity contribution in [3.8, 4) is 0 Å². The van der Waals surface area contributed by atoms with E-state index < -0.39 is 4.92 Å². The van der Waals surface area contributed by atoms with Crippen molar-refractivity contribution < 1.29 is 9.72 Å². The highest BCUT2D eigenvalue weighted by Crippen LogP contribution is 2.34. The fourth-order valence-corrected chi connectivity index (χ4v) is 5.76. The number of aryl methyl sites for hydroxylation is 2. The number of amides is 1. The van der Waals surface area contributed by atoms with Crippen LogP contribution < -0.4 is 10.9 Å². The van der Waals surface area contributed by atoms with Gasteiger partial charge in [-0.15, -0.1) is 17.9 Å². The van der Waals surface area contributed by atoms with E-state index >= 15 is 0 Å². The summed E-state index contributed by atoms with van der Waals surface area (Å²) in [5.74, 6) is -0.321. The number of hydrogen-bond donors (Lipinski definition) is 1. The van der Waals surface area contributed by atoms with Crippen molar-refractivity contribution in [3.63, 3.8) is 0 Å². The minimum absolute atomic E-state index is 0.0167. The third-order valence-corrected chi connectivity index (χ3v) is 7.19. The number of anilines is 1. The predicted molar refractivity (Wildman–Crippen MR) is 123 cm³/mol. The second-order valence-electron chi connectivity index (χ2n) is 7.13. The summed E-state index contributed by atoms with van der Waals surface area (Å²) in [6.45, 7) is 4.05. The van der Waals surface area contributed by atoms with Crippen LogP contribution in [0.3, 0.4) is 0 Å². The summed E-state index contributed by atoms with van der Waals surface area (Å²) in [4.78, 5) is 42.7. The summed E-state index contributed by atoms with van der Waals surface area (Å²) in [6, 6.07) is 5.76. The number of nitrogens with one attached hydrogen (secondary N) is 1. The first-order valence-corrected chi connectivity index (χ1v) is 11.6. The Morgan fingerprint density at radius 2 is 2.19 bits per heavy atom. The van der Waals surface area contributed by atoms with Crippen LogP contribution in [0.4, 0.5) is 11.4 Å². The van der Waals surface area contributed by atoms with Gasteiger partial charge in [0, 0.05) is 29.2 Å². The van der Waals surface area contributed by atoms with Gasteiger partial charge in [0.2, 0.25) is 5.91 Å². The highest BCUT2D eigenvalue weighted by Gasteiger charge is 2.22. The Hall–Kier alpha value is -2.98. The Kier molecular flexibility index (Phi) is 6.19. The number of hydrogen-bond acceptors (Lipinski definition) is 7. The van der Waals surface area contributed by atoms with Gasteiger partial charge in [-0.3, -0.25) is 24.3 Å². The van der Waals surface area contributed by atoms with Crippen LogP contribution in [0, 0.1) is 10.1 Å². The fraction of sp³-hybridized carbons (Fsp3) is 0.286. The molecule has 160 valence electrons. The molecule has 4 rings (SSSR count).